The van der Waals surface area contributed by atoms with Gasteiger partial charge in [-0.25, -0.2) is 4.98 Å². The van der Waals surface area contributed by atoms with Crippen molar-refractivity contribution in [3.8, 4) is 10.4 Å². The van der Waals surface area contributed by atoms with Crippen molar-refractivity contribution in [2.75, 3.05) is 13.1 Å². The predicted octanol–water partition coefficient (Wildman–Crippen LogP) is 3.40. The summed E-state index contributed by atoms with van der Waals surface area (Å²) in [6.45, 7) is 8.14. The van der Waals surface area contributed by atoms with E-state index in [1.54, 1.807) is 11.3 Å². The van der Waals surface area contributed by atoms with E-state index in [9.17, 15) is 5.11 Å². The lowest BCUT2D eigenvalue weighted by Crippen LogP contribution is -2.38. The third kappa shape index (κ3) is 4.40. The lowest BCUT2D eigenvalue weighted by Gasteiger charge is -2.27. The molecule has 0 unspecified atom stereocenters. The van der Waals surface area contributed by atoms with Crippen molar-refractivity contribution in [2.24, 2.45) is 0 Å². The van der Waals surface area contributed by atoms with Crippen LogP contribution in [0, 0.1) is 0 Å². The highest BCUT2D eigenvalue weighted by Crippen LogP contribution is 2.26. The van der Waals surface area contributed by atoms with E-state index in [1.165, 1.54) is 10.4 Å². The van der Waals surface area contributed by atoms with E-state index in [4.69, 9.17) is 0 Å². The Labute approximate surface area is 124 Å². The summed E-state index contributed by atoms with van der Waals surface area (Å²) in [4.78, 5) is 7.92. The third-order valence-electron chi connectivity index (χ3n) is 3.03. The highest BCUT2D eigenvalue weighted by Gasteiger charge is 2.18. The molecule has 1 aromatic heterocycles. The van der Waals surface area contributed by atoms with Gasteiger partial charge in [-0.15, -0.1) is 11.3 Å². The van der Waals surface area contributed by atoms with Crippen molar-refractivity contribution in [1.29, 1.82) is 0 Å². The van der Waals surface area contributed by atoms with E-state index in [0.29, 0.717) is 6.54 Å². The van der Waals surface area contributed by atoms with Crippen molar-refractivity contribution >= 4 is 11.3 Å². The van der Waals surface area contributed by atoms with Gasteiger partial charge >= 0.3 is 0 Å². The Bertz CT molecular complexity index is 531. The molecule has 0 aliphatic carbocycles. The zero-order valence-electron chi connectivity index (χ0n) is 12.3. The van der Waals surface area contributed by atoms with Crippen LogP contribution in [0.25, 0.3) is 10.4 Å². The molecule has 0 aliphatic heterocycles. The molecular formula is C16H22N2OS. The van der Waals surface area contributed by atoms with Gasteiger partial charge in [-0.2, -0.15) is 0 Å². The summed E-state index contributed by atoms with van der Waals surface area (Å²) >= 11 is 1.72. The van der Waals surface area contributed by atoms with Gasteiger partial charge in [0.1, 0.15) is 5.01 Å². The Morgan fingerprint density at radius 3 is 2.55 bits per heavy atom. The summed E-state index contributed by atoms with van der Waals surface area (Å²) in [6.07, 6.45) is 1.94. The van der Waals surface area contributed by atoms with Crippen LogP contribution in [0.1, 0.15) is 25.8 Å². The van der Waals surface area contributed by atoms with Crippen molar-refractivity contribution in [2.45, 2.75) is 32.9 Å². The first-order valence-electron chi connectivity index (χ1n) is 6.93. The predicted molar refractivity (Wildman–Crippen MR) is 84.8 cm³/mol. The van der Waals surface area contributed by atoms with E-state index >= 15 is 0 Å². The number of benzene rings is 1. The Morgan fingerprint density at radius 1 is 1.25 bits per heavy atom. The van der Waals surface area contributed by atoms with Crippen LogP contribution in [0.5, 0.6) is 0 Å². The van der Waals surface area contributed by atoms with Crippen LogP contribution in [0.2, 0.25) is 0 Å². The molecule has 1 heterocycles. The number of rotatable bonds is 6. The van der Waals surface area contributed by atoms with Gasteiger partial charge in [0.15, 0.2) is 0 Å². The minimum absolute atomic E-state index is 0.656. The van der Waals surface area contributed by atoms with Crippen LogP contribution in [0.15, 0.2) is 36.5 Å². The zero-order valence-corrected chi connectivity index (χ0v) is 13.2. The molecule has 0 amide bonds. The largest absolute Gasteiger partial charge is 0.389 e. The summed E-state index contributed by atoms with van der Waals surface area (Å²) in [5.74, 6) is 0. The van der Waals surface area contributed by atoms with Gasteiger partial charge in [0.25, 0.3) is 0 Å². The molecule has 4 heteroatoms. The Morgan fingerprint density at radius 2 is 1.95 bits per heavy atom. The second kappa shape index (κ2) is 6.48. The maximum Gasteiger partial charge on any atom is 0.107 e. The average molecular weight is 290 g/mol. The highest BCUT2D eigenvalue weighted by atomic mass is 32.1. The molecule has 0 atom stereocenters. The molecule has 1 N–H and O–H groups in total. The molecule has 0 saturated heterocycles. The van der Waals surface area contributed by atoms with Gasteiger partial charge in [0.2, 0.25) is 0 Å². The molecule has 0 radical (unpaired) electrons. The fourth-order valence-electron chi connectivity index (χ4n) is 2.14. The second-order valence-electron chi connectivity index (χ2n) is 5.60. The van der Waals surface area contributed by atoms with E-state index < -0.39 is 5.60 Å². The van der Waals surface area contributed by atoms with E-state index in [0.717, 1.165) is 18.1 Å². The number of thiazole rings is 1. The Kier molecular flexibility index (Phi) is 4.91. The molecule has 0 spiro atoms. The third-order valence-corrected chi connectivity index (χ3v) is 4.06. The van der Waals surface area contributed by atoms with Crippen LogP contribution < -0.4 is 0 Å². The molecule has 0 fully saturated rings. The van der Waals surface area contributed by atoms with Crippen LogP contribution in [0.4, 0.5) is 0 Å². The van der Waals surface area contributed by atoms with Crippen LogP contribution in [-0.2, 0) is 6.54 Å². The standard InChI is InChI=1S/C16H22N2OS/c1-4-18(12-16(2,3)19)11-15-17-10-14(20-15)13-8-6-5-7-9-13/h5-10,19H,4,11-12H2,1-3H3. The number of likely N-dealkylation sites (N-methyl/N-ethyl adjacent to an activating group) is 1. The fraction of sp³-hybridized carbons (Fsp3) is 0.438. The first-order chi connectivity index (χ1) is 9.48. The molecule has 0 saturated carbocycles. The smallest absolute Gasteiger partial charge is 0.107 e. The van der Waals surface area contributed by atoms with Gasteiger partial charge in [-0.1, -0.05) is 37.3 Å². The van der Waals surface area contributed by atoms with Gasteiger partial charge in [-0.05, 0) is 26.0 Å². The van der Waals surface area contributed by atoms with Gasteiger partial charge in [0.05, 0.1) is 17.0 Å². The van der Waals surface area contributed by atoms with E-state index in [2.05, 4.69) is 28.9 Å². The number of aliphatic hydroxyl groups is 1. The van der Waals surface area contributed by atoms with Crippen molar-refractivity contribution < 1.29 is 5.11 Å². The highest BCUT2D eigenvalue weighted by molar-refractivity contribution is 7.15. The number of hydrogen-bond acceptors (Lipinski definition) is 4. The quantitative estimate of drug-likeness (QED) is 0.886. The van der Waals surface area contributed by atoms with Crippen molar-refractivity contribution in [1.82, 2.24) is 9.88 Å². The topological polar surface area (TPSA) is 36.4 Å². The fourth-order valence-corrected chi connectivity index (χ4v) is 3.10. The molecule has 2 rings (SSSR count). The van der Waals surface area contributed by atoms with Gasteiger partial charge in [-0.3, -0.25) is 4.90 Å². The van der Waals surface area contributed by atoms with E-state index in [-0.39, 0.29) is 0 Å². The SMILES string of the molecule is CCN(Cc1ncc(-c2ccccc2)s1)CC(C)(C)O. The number of hydrogen-bond donors (Lipinski definition) is 1. The van der Waals surface area contributed by atoms with Crippen LogP contribution in [-0.4, -0.2) is 33.7 Å². The van der Waals surface area contributed by atoms with Crippen LogP contribution >= 0.6 is 11.3 Å². The Balaban J connectivity index is 2.05. The first kappa shape index (κ1) is 15.2. The maximum atomic E-state index is 9.92. The molecule has 0 bridgehead atoms. The number of aromatic nitrogens is 1. The van der Waals surface area contributed by atoms with Crippen molar-refractivity contribution in [3.05, 3.63) is 41.5 Å². The lowest BCUT2D eigenvalue weighted by atomic mass is 10.1. The summed E-state index contributed by atoms with van der Waals surface area (Å²) in [7, 11) is 0. The molecule has 20 heavy (non-hydrogen) atoms. The molecular weight excluding hydrogens is 268 g/mol. The summed E-state index contributed by atoms with van der Waals surface area (Å²) < 4.78 is 0. The molecule has 108 valence electrons. The molecule has 0 aliphatic rings. The minimum Gasteiger partial charge on any atom is -0.389 e. The Hall–Kier alpha value is -1.23. The minimum atomic E-state index is -0.671. The molecule has 3 nitrogen and oxygen atoms in total. The maximum absolute atomic E-state index is 9.92. The number of nitrogens with zero attached hydrogens (tertiary/aromatic N) is 2. The molecule has 2 aromatic rings. The summed E-state index contributed by atoms with van der Waals surface area (Å²) in [5, 5.41) is 11.0. The molecule has 1 aromatic carbocycles. The zero-order chi connectivity index (χ0) is 14.6. The van der Waals surface area contributed by atoms with Gasteiger partial charge in [0, 0.05) is 12.7 Å². The van der Waals surface area contributed by atoms with Gasteiger partial charge < -0.3 is 5.11 Å². The second-order valence-corrected chi connectivity index (χ2v) is 6.72. The normalized spacial score (nSPS) is 12.1. The lowest BCUT2D eigenvalue weighted by molar-refractivity contribution is 0.0353. The first-order valence-corrected chi connectivity index (χ1v) is 7.74. The summed E-state index contributed by atoms with van der Waals surface area (Å²) in [6, 6.07) is 10.3. The average Bonchev–Trinajstić information content (AvgIpc) is 2.86. The van der Waals surface area contributed by atoms with E-state index in [1.807, 2.05) is 38.2 Å². The van der Waals surface area contributed by atoms with Crippen LogP contribution in [0.3, 0.4) is 0 Å². The summed E-state index contributed by atoms with van der Waals surface area (Å²) in [5.41, 5.74) is 0.539. The van der Waals surface area contributed by atoms with Crippen molar-refractivity contribution in [3.63, 3.8) is 0 Å². The monoisotopic (exact) mass is 290 g/mol.